The average Bonchev–Trinajstić information content (AvgIpc) is 3.08. The maximum Gasteiger partial charge on any atom is 0.231 e. The van der Waals surface area contributed by atoms with Crippen molar-refractivity contribution in [3.05, 3.63) is 41.0 Å². The highest BCUT2D eigenvalue weighted by Crippen LogP contribution is 2.60. The van der Waals surface area contributed by atoms with E-state index in [1.54, 1.807) is 7.11 Å². The zero-order valence-electron chi connectivity index (χ0n) is 13.7. The van der Waals surface area contributed by atoms with Crippen molar-refractivity contribution in [1.82, 2.24) is 4.90 Å². The van der Waals surface area contributed by atoms with Crippen molar-refractivity contribution >= 4 is 0 Å². The highest BCUT2D eigenvalue weighted by molar-refractivity contribution is 5.86. The van der Waals surface area contributed by atoms with Crippen LogP contribution < -0.4 is 14.2 Å². The van der Waals surface area contributed by atoms with Gasteiger partial charge in [-0.25, -0.2) is 0 Å². The average molecular weight is 325 g/mol. The Morgan fingerprint density at radius 1 is 1.21 bits per heavy atom. The lowest BCUT2D eigenvalue weighted by Gasteiger charge is -2.43. The molecule has 24 heavy (non-hydrogen) atoms. The third-order valence-corrected chi connectivity index (χ3v) is 5.45. The highest BCUT2D eigenvalue weighted by Gasteiger charge is 2.44. The van der Waals surface area contributed by atoms with E-state index < -0.39 is 6.10 Å². The zero-order valence-corrected chi connectivity index (χ0v) is 13.7. The Hall–Kier alpha value is -2.24. The largest absolute Gasteiger partial charge is 0.492 e. The lowest BCUT2D eigenvalue weighted by molar-refractivity contribution is 0.0539. The number of hydrogen-bond donors (Lipinski definition) is 1. The molecule has 0 aromatic heterocycles. The Bertz CT molecular complexity index is 848. The van der Waals surface area contributed by atoms with Crippen molar-refractivity contribution in [2.75, 3.05) is 27.5 Å². The van der Waals surface area contributed by atoms with Crippen LogP contribution in [0.1, 0.15) is 28.8 Å². The Morgan fingerprint density at radius 3 is 2.83 bits per heavy atom. The molecule has 1 N–H and O–H groups in total. The number of nitrogens with zero attached hydrogens (tertiary/aromatic N) is 1. The van der Waals surface area contributed by atoms with Gasteiger partial charge in [-0.1, -0.05) is 24.3 Å². The number of benzene rings is 2. The van der Waals surface area contributed by atoms with E-state index in [-0.39, 0.29) is 12.8 Å². The Balaban J connectivity index is 1.93. The number of ether oxygens (including phenoxy) is 3. The number of aliphatic hydroxyl groups excluding tert-OH is 1. The van der Waals surface area contributed by atoms with Crippen molar-refractivity contribution in [2.24, 2.45) is 0 Å². The number of methoxy groups -OCH3 is 1. The second-order valence-corrected chi connectivity index (χ2v) is 6.57. The van der Waals surface area contributed by atoms with Crippen LogP contribution in [0.2, 0.25) is 0 Å². The van der Waals surface area contributed by atoms with Crippen molar-refractivity contribution in [3.63, 3.8) is 0 Å². The van der Waals surface area contributed by atoms with E-state index in [1.165, 1.54) is 0 Å². The van der Waals surface area contributed by atoms with Gasteiger partial charge >= 0.3 is 0 Å². The van der Waals surface area contributed by atoms with Crippen molar-refractivity contribution in [1.29, 1.82) is 0 Å². The van der Waals surface area contributed by atoms with Crippen LogP contribution in [0.25, 0.3) is 11.1 Å². The predicted octanol–water partition coefficient (Wildman–Crippen LogP) is 2.67. The summed E-state index contributed by atoms with van der Waals surface area (Å²) in [7, 11) is 3.73. The minimum absolute atomic E-state index is 0.0953. The van der Waals surface area contributed by atoms with Crippen molar-refractivity contribution < 1.29 is 19.3 Å². The van der Waals surface area contributed by atoms with E-state index in [0.29, 0.717) is 5.75 Å². The fraction of sp³-hybridized carbons (Fsp3) is 0.368. The van der Waals surface area contributed by atoms with Gasteiger partial charge in [0.15, 0.2) is 11.5 Å². The summed E-state index contributed by atoms with van der Waals surface area (Å²) >= 11 is 0. The van der Waals surface area contributed by atoms with E-state index in [1.807, 2.05) is 24.3 Å². The summed E-state index contributed by atoms with van der Waals surface area (Å²) in [4.78, 5) is 2.22. The first-order valence-corrected chi connectivity index (χ1v) is 8.22. The molecule has 0 spiro atoms. The summed E-state index contributed by atoms with van der Waals surface area (Å²) < 4.78 is 17.3. The summed E-state index contributed by atoms with van der Waals surface area (Å²) in [6.07, 6.45) is 0.298. The highest BCUT2D eigenvalue weighted by atomic mass is 16.7. The number of rotatable bonds is 1. The molecule has 5 heteroatoms. The molecule has 0 radical (unpaired) electrons. The van der Waals surface area contributed by atoms with Gasteiger partial charge in [-0.05, 0) is 30.2 Å². The third kappa shape index (κ3) is 1.61. The molecule has 5 rings (SSSR count). The maximum absolute atomic E-state index is 11.1. The standard InChI is InChI=1S/C19H19NO4/c1-20-8-7-12-13-14(18-19(17(12)22-2)24-9-23-18)10-5-3-4-6-11(10)16(21)15(13)20/h3-6,15-16,21H,7-9H2,1-2H3/t15-,16+/m1/s1. The van der Waals surface area contributed by atoms with Gasteiger partial charge in [-0.15, -0.1) is 0 Å². The molecule has 0 fully saturated rings. The van der Waals surface area contributed by atoms with Crippen molar-refractivity contribution in [2.45, 2.75) is 18.6 Å². The van der Waals surface area contributed by atoms with Crippen LogP contribution in [0.3, 0.4) is 0 Å². The fourth-order valence-corrected chi connectivity index (χ4v) is 4.42. The van der Waals surface area contributed by atoms with Crippen LogP contribution in [0.4, 0.5) is 0 Å². The molecule has 0 unspecified atom stereocenters. The molecule has 2 heterocycles. The molecular formula is C19H19NO4. The summed E-state index contributed by atoms with van der Waals surface area (Å²) in [5, 5.41) is 11.1. The van der Waals surface area contributed by atoms with E-state index in [4.69, 9.17) is 14.2 Å². The van der Waals surface area contributed by atoms with E-state index >= 15 is 0 Å². The lowest BCUT2D eigenvalue weighted by atomic mass is 9.75. The van der Waals surface area contributed by atoms with Crippen LogP contribution in [0.15, 0.2) is 24.3 Å². The van der Waals surface area contributed by atoms with Gasteiger partial charge in [0.05, 0.1) is 19.3 Å². The molecule has 2 aromatic rings. The second-order valence-electron chi connectivity index (χ2n) is 6.57. The molecule has 5 nitrogen and oxygen atoms in total. The Morgan fingerprint density at radius 2 is 2.00 bits per heavy atom. The van der Waals surface area contributed by atoms with Gasteiger partial charge in [-0.2, -0.15) is 0 Å². The first-order chi connectivity index (χ1) is 11.7. The molecule has 124 valence electrons. The summed E-state index contributed by atoms with van der Waals surface area (Å²) in [6.45, 7) is 1.07. The molecule has 2 atom stereocenters. The predicted molar refractivity (Wildman–Crippen MR) is 88.6 cm³/mol. The molecule has 0 bridgehead atoms. The monoisotopic (exact) mass is 325 g/mol. The normalized spacial score (nSPS) is 23.6. The first kappa shape index (κ1) is 14.1. The Kier molecular flexibility index (Phi) is 2.87. The number of aliphatic hydroxyl groups is 1. The van der Waals surface area contributed by atoms with Gasteiger partial charge in [0, 0.05) is 17.7 Å². The summed E-state index contributed by atoms with van der Waals surface area (Å²) in [6, 6.07) is 7.92. The molecule has 1 aliphatic carbocycles. The summed E-state index contributed by atoms with van der Waals surface area (Å²) in [5.74, 6) is 2.19. The second kappa shape index (κ2) is 4.88. The van der Waals surface area contributed by atoms with Crippen LogP contribution in [-0.2, 0) is 6.42 Å². The number of fused-ring (bicyclic) bond motifs is 4. The topological polar surface area (TPSA) is 51.2 Å². The SMILES string of the molecule is COc1c2c3c(c4c1OCO4)-c1ccccc1[C@H](O)[C@@H]3N(C)CC2. The van der Waals surface area contributed by atoms with Gasteiger partial charge in [0.2, 0.25) is 12.5 Å². The fourth-order valence-electron chi connectivity index (χ4n) is 4.42. The molecule has 0 amide bonds. The Labute approximate surface area is 140 Å². The van der Waals surface area contributed by atoms with Crippen LogP contribution in [0, 0.1) is 0 Å². The summed E-state index contributed by atoms with van der Waals surface area (Å²) in [5.41, 5.74) is 5.27. The molecule has 0 saturated carbocycles. The van der Waals surface area contributed by atoms with Crippen LogP contribution >= 0.6 is 0 Å². The molecular weight excluding hydrogens is 306 g/mol. The smallest absolute Gasteiger partial charge is 0.231 e. The van der Waals surface area contributed by atoms with Crippen LogP contribution in [0.5, 0.6) is 17.2 Å². The molecule has 0 saturated heterocycles. The van der Waals surface area contributed by atoms with Gasteiger partial charge in [0.1, 0.15) is 0 Å². The minimum Gasteiger partial charge on any atom is -0.492 e. The molecule has 2 aliphatic heterocycles. The van der Waals surface area contributed by atoms with E-state index in [0.717, 1.165) is 52.3 Å². The number of likely N-dealkylation sites (N-methyl/N-ethyl adjacent to an activating group) is 1. The quantitative estimate of drug-likeness (QED) is 0.873. The molecule has 2 aromatic carbocycles. The van der Waals surface area contributed by atoms with Gasteiger partial charge in [-0.3, -0.25) is 4.90 Å². The number of hydrogen-bond acceptors (Lipinski definition) is 5. The van der Waals surface area contributed by atoms with E-state index in [2.05, 4.69) is 11.9 Å². The van der Waals surface area contributed by atoms with Gasteiger partial charge in [0.25, 0.3) is 0 Å². The molecule has 3 aliphatic rings. The lowest BCUT2D eigenvalue weighted by Crippen LogP contribution is -2.38. The maximum atomic E-state index is 11.1. The first-order valence-electron chi connectivity index (χ1n) is 8.22. The van der Waals surface area contributed by atoms with Crippen molar-refractivity contribution in [3.8, 4) is 28.4 Å². The van der Waals surface area contributed by atoms with Crippen LogP contribution in [-0.4, -0.2) is 37.5 Å². The van der Waals surface area contributed by atoms with Gasteiger partial charge < -0.3 is 19.3 Å². The minimum atomic E-state index is -0.567. The third-order valence-electron chi connectivity index (χ3n) is 5.45. The zero-order chi connectivity index (χ0) is 16.4. The van der Waals surface area contributed by atoms with E-state index in [9.17, 15) is 5.11 Å².